The Hall–Kier alpha value is -2.76. The number of hydrogen-bond acceptors (Lipinski definition) is 3. The molecule has 0 fully saturated rings. The Morgan fingerprint density at radius 3 is 2.68 bits per heavy atom. The third-order valence-corrected chi connectivity index (χ3v) is 4.46. The van der Waals surface area contributed by atoms with Crippen LogP contribution in [0.2, 0.25) is 0 Å². The van der Waals surface area contributed by atoms with Gasteiger partial charge in [0.15, 0.2) is 0 Å². The van der Waals surface area contributed by atoms with Gasteiger partial charge in [-0.05, 0) is 43.7 Å². The second-order valence-corrected chi connectivity index (χ2v) is 6.10. The van der Waals surface area contributed by atoms with Gasteiger partial charge in [0.25, 0.3) is 0 Å². The highest BCUT2D eigenvalue weighted by Crippen LogP contribution is 2.26. The number of fused-ring (bicyclic) bond motifs is 1. The Labute approximate surface area is 147 Å². The number of urea groups is 1. The van der Waals surface area contributed by atoms with E-state index in [1.54, 1.807) is 6.92 Å². The van der Waals surface area contributed by atoms with Gasteiger partial charge in [0, 0.05) is 30.7 Å². The van der Waals surface area contributed by atoms with E-state index in [1.165, 1.54) is 0 Å². The summed E-state index contributed by atoms with van der Waals surface area (Å²) < 4.78 is 7.12. The lowest BCUT2D eigenvalue weighted by Gasteiger charge is -2.34. The zero-order valence-corrected chi connectivity index (χ0v) is 14.6. The van der Waals surface area contributed by atoms with Crippen LogP contribution in [0.4, 0.5) is 10.5 Å². The number of rotatable bonds is 4. The average molecular weight is 341 g/mol. The number of anilines is 1. The maximum absolute atomic E-state index is 12.6. The van der Waals surface area contributed by atoms with Crippen LogP contribution >= 0.6 is 0 Å². The van der Waals surface area contributed by atoms with Gasteiger partial charge in [-0.2, -0.15) is 0 Å². The van der Waals surface area contributed by atoms with Crippen LogP contribution in [0.25, 0.3) is 0 Å². The molecule has 2 aromatic rings. The number of benzene rings is 1. The van der Waals surface area contributed by atoms with Gasteiger partial charge in [-0.1, -0.05) is 12.1 Å². The number of carbonyl (C=O) groups is 2. The monoisotopic (exact) mass is 341 g/mol. The molecule has 132 valence electrons. The molecule has 1 aliphatic rings. The summed E-state index contributed by atoms with van der Waals surface area (Å²) in [6, 6.07) is 11.3. The second-order valence-electron chi connectivity index (χ2n) is 6.10. The van der Waals surface area contributed by atoms with Crippen LogP contribution in [0.3, 0.4) is 0 Å². The predicted octanol–water partition coefficient (Wildman–Crippen LogP) is 3.20. The van der Waals surface area contributed by atoms with Crippen LogP contribution in [-0.2, 0) is 22.5 Å². The van der Waals surface area contributed by atoms with Crippen molar-refractivity contribution in [3.8, 4) is 0 Å². The Morgan fingerprint density at radius 2 is 1.96 bits per heavy atom. The summed E-state index contributed by atoms with van der Waals surface area (Å²) in [7, 11) is 0. The van der Waals surface area contributed by atoms with Gasteiger partial charge in [0.2, 0.25) is 0 Å². The molecule has 1 aromatic heterocycles. The minimum absolute atomic E-state index is 0.0341. The molecule has 0 saturated carbocycles. The van der Waals surface area contributed by atoms with Crippen LogP contribution in [0.1, 0.15) is 31.1 Å². The Balaban J connectivity index is 1.61. The minimum atomic E-state index is -0.246. The summed E-state index contributed by atoms with van der Waals surface area (Å²) in [5.41, 5.74) is 2.72. The van der Waals surface area contributed by atoms with Gasteiger partial charge in [-0.15, -0.1) is 0 Å². The highest BCUT2D eigenvalue weighted by molar-refractivity contribution is 5.89. The molecule has 0 aliphatic carbocycles. The molecule has 1 aliphatic heterocycles. The zero-order valence-electron chi connectivity index (χ0n) is 14.6. The van der Waals surface area contributed by atoms with Gasteiger partial charge >= 0.3 is 12.0 Å². The molecule has 0 radical (unpaired) electrons. The van der Waals surface area contributed by atoms with Crippen molar-refractivity contribution in [2.75, 3.05) is 18.5 Å². The number of carbonyl (C=O) groups excluding carboxylic acids is 2. The smallest absolute Gasteiger partial charge is 0.322 e. The molecular weight excluding hydrogens is 318 g/mol. The summed E-state index contributed by atoms with van der Waals surface area (Å²) in [5.74, 6) is -0.246. The molecule has 1 aromatic carbocycles. The van der Waals surface area contributed by atoms with E-state index in [1.807, 2.05) is 54.4 Å². The van der Waals surface area contributed by atoms with Crippen LogP contribution in [0.5, 0.6) is 0 Å². The molecule has 0 unspecified atom stereocenters. The number of nitrogens with zero attached hydrogens (tertiary/aromatic N) is 2. The molecule has 0 spiro atoms. The highest BCUT2D eigenvalue weighted by Gasteiger charge is 2.27. The number of amides is 2. The van der Waals surface area contributed by atoms with Crippen LogP contribution in [-0.4, -0.2) is 34.6 Å². The number of nitrogens with one attached hydrogen (secondary N) is 1. The first-order valence-electron chi connectivity index (χ1n) is 8.55. The molecule has 3 rings (SSSR count). The van der Waals surface area contributed by atoms with E-state index in [4.69, 9.17) is 4.74 Å². The van der Waals surface area contributed by atoms with Gasteiger partial charge in [0.05, 0.1) is 19.1 Å². The van der Waals surface area contributed by atoms with E-state index in [-0.39, 0.29) is 24.5 Å². The standard InChI is InChI=1S/C19H23N3O3/c1-3-25-18(23)13-15-6-8-16(9-7-15)20-19(24)22-12-11-21-10-4-5-17(21)14(22)2/h4-10,14H,3,11-13H2,1-2H3,(H,20,24)/t14-/m1/s1. The molecule has 6 heteroatoms. The highest BCUT2D eigenvalue weighted by atomic mass is 16.5. The quantitative estimate of drug-likeness (QED) is 0.869. The van der Waals surface area contributed by atoms with Crippen molar-refractivity contribution in [3.63, 3.8) is 0 Å². The van der Waals surface area contributed by atoms with Crippen molar-refractivity contribution in [1.29, 1.82) is 0 Å². The summed E-state index contributed by atoms with van der Waals surface area (Å²) in [6.07, 6.45) is 2.28. The normalized spacial score (nSPS) is 16.2. The molecule has 0 saturated heterocycles. The predicted molar refractivity (Wildman–Crippen MR) is 95.4 cm³/mol. The van der Waals surface area contributed by atoms with Crippen molar-refractivity contribution in [2.45, 2.75) is 32.9 Å². The lowest BCUT2D eigenvalue weighted by molar-refractivity contribution is -0.142. The summed E-state index contributed by atoms with van der Waals surface area (Å²) in [4.78, 5) is 25.9. The lowest BCUT2D eigenvalue weighted by Crippen LogP contribution is -2.42. The van der Waals surface area contributed by atoms with Crippen molar-refractivity contribution < 1.29 is 14.3 Å². The summed E-state index contributed by atoms with van der Waals surface area (Å²) in [5, 5.41) is 2.93. The largest absolute Gasteiger partial charge is 0.466 e. The van der Waals surface area contributed by atoms with E-state index < -0.39 is 0 Å². The Bertz CT molecular complexity index is 752. The first-order chi connectivity index (χ1) is 12.1. The molecule has 25 heavy (non-hydrogen) atoms. The van der Waals surface area contributed by atoms with Crippen molar-refractivity contribution in [2.24, 2.45) is 0 Å². The molecule has 1 N–H and O–H groups in total. The third-order valence-electron chi connectivity index (χ3n) is 4.46. The van der Waals surface area contributed by atoms with E-state index in [0.29, 0.717) is 18.8 Å². The van der Waals surface area contributed by atoms with Crippen LogP contribution in [0.15, 0.2) is 42.6 Å². The van der Waals surface area contributed by atoms with Crippen molar-refractivity contribution >= 4 is 17.7 Å². The van der Waals surface area contributed by atoms with Crippen molar-refractivity contribution in [3.05, 3.63) is 53.9 Å². The van der Waals surface area contributed by atoms with E-state index in [2.05, 4.69) is 9.88 Å². The topological polar surface area (TPSA) is 63.6 Å². The fraction of sp³-hybridized carbons (Fsp3) is 0.368. The molecule has 0 bridgehead atoms. The molecule has 1 atom stereocenters. The number of ether oxygens (including phenoxy) is 1. The van der Waals surface area contributed by atoms with E-state index in [9.17, 15) is 9.59 Å². The number of hydrogen-bond donors (Lipinski definition) is 1. The fourth-order valence-electron chi connectivity index (χ4n) is 3.14. The van der Waals surface area contributed by atoms with E-state index in [0.717, 1.165) is 17.8 Å². The fourth-order valence-corrected chi connectivity index (χ4v) is 3.14. The Morgan fingerprint density at radius 1 is 1.20 bits per heavy atom. The Kier molecular flexibility index (Phi) is 5.07. The number of aromatic nitrogens is 1. The van der Waals surface area contributed by atoms with Gasteiger partial charge in [0.1, 0.15) is 0 Å². The first-order valence-corrected chi connectivity index (χ1v) is 8.55. The molecule has 2 amide bonds. The van der Waals surface area contributed by atoms with Gasteiger partial charge in [-0.25, -0.2) is 4.79 Å². The van der Waals surface area contributed by atoms with Crippen LogP contribution in [0, 0.1) is 0 Å². The average Bonchev–Trinajstić information content (AvgIpc) is 3.07. The SMILES string of the molecule is CCOC(=O)Cc1ccc(NC(=O)N2CCn3cccc3[C@H]2C)cc1. The number of esters is 1. The summed E-state index contributed by atoms with van der Waals surface area (Å²) in [6.45, 7) is 5.68. The van der Waals surface area contributed by atoms with Gasteiger partial charge in [-0.3, -0.25) is 4.79 Å². The van der Waals surface area contributed by atoms with E-state index >= 15 is 0 Å². The van der Waals surface area contributed by atoms with Crippen LogP contribution < -0.4 is 5.32 Å². The molecule has 6 nitrogen and oxygen atoms in total. The zero-order chi connectivity index (χ0) is 17.8. The maximum Gasteiger partial charge on any atom is 0.322 e. The molecule has 2 heterocycles. The molecular formula is C19H23N3O3. The van der Waals surface area contributed by atoms with Crippen molar-refractivity contribution in [1.82, 2.24) is 9.47 Å². The van der Waals surface area contributed by atoms with Gasteiger partial charge < -0.3 is 19.5 Å². The maximum atomic E-state index is 12.6. The summed E-state index contributed by atoms with van der Waals surface area (Å²) >= 11 is 0. The third kappa shape index (κ3) is 3.84. The first kappa shape index (κ1) is 17.1. The second kappa shape index (κ2) is 7.42. The lowest BCUT2D eigenvalue weighted by atomic mass is 10.1. The minimum Gasteiger partial charge on any atom is -0.466 e.